The summed E-state index contributed by atoms with van der Waals surface area (Å²) in [6.07, 6.45) is -1.58. The summed E-state index contributed by atoms with van der Waals surface area (Å²) in [7, 11) is 0. The van der Waals surface area contributed by atoms with Crippen LogP contribution in [0.25, 0.3) is 0 Å². The predicted octanol–water partition coefficient (Wildman–Crippen LogP) is 3.26. The van der Waals surface area contributed by atoms with E-state index < -0.39 is 54.4 Å². The molecule has 10 nitrogen and oxygen atoms in total. The fraction of sp³-hybridized carbons (Fsp3) is 0.600. The van der Waals surface area contributed by atoms with E-state index in [1.165, 1.54) is 33.8 Å². The van der Waals surface area contributed by atoms with E-state index in [1.807, 2.05) is 6.92 Å². The molecule has 0 amide bonds. The van der Waals surface area contributed by atoms with E-state index in [0.717, 1.165) is 18.4 Å². The van der Waals surface area contributed by atoms with Gasteiger partial charge in [0.25, 0.3) is 0 Å². The minimum Gasteiger partial charge on any atom is -0.463 e. The SMILES string of the molecule is CCCC[C@@H]1C(OC(C)=O)[C@H](Oc2cc(C)cc(OC(C)=O)c2)OC(COC(C)=O)[C@@H]1OC(C)=O. The maximum absolute atomic E-state index is 12.0. The summed E-state index contributed by atoms with van der Waals surface area (Å²) in [5.41, 5.74) is 0.760. The molecule has 10 heteroatoms. The van der Waals surface area contributed by atoms with E-state index in [9.17, 15) is 19.2 Å². The average Bonchev–Trinajstić information content (AvgIpc) is 2.72. The second-order valence-corrected chi connectivity index (χ2v) is 8.49. The molecular formula is C25H34O10. The number of carbonyl (C=O) groups excluding carboxylic acids is 4. The molecule has 0 bridgehead atoms. The van der Waals surface area contributed by atoms with Gasteiger partial charge in [0.1, 0.15) is 30.3 Å². The molecule has 1 aromatic carbocycles. The summed E-state index contributed by atoms with van der Waals surface area (Å²) in [5.74, 6) is -2.00. The molecule has 194 valence electrons. The third kappa shape index (κ3) is 8.86. The van der Waals surface area contributed by atoms with Crippen molar-refractivity contribution >= 4 is 23.9 Å². The van der Waals surface area contributed by atoms with Gasteiger partial charge in [-0.05, 0) is 31.0 Å². The number of ether oxygens (including phenoxy) is 6. The van der Waals surface area contributed by atoms with Gasteiger partial charge in [0.05, 0.1) is 0 Å². The van der Waals surface area contributed by atoms with Gasteiger partial charge in [0.2, 0.25) is 6.29 Å². The summed E-state index contributed by atoms with van der Waals surface area (Å²) in [6.45, 7) is 8.71. The number of benzene rings is 1. The van der Waals surface area contributed by atoms with Crippen LogP contribution in [-0.4, -0.2) is 55.1 Å². The molecule has 1 aliphatic rings. The molecule has 2 unspecified atom stereocenters. The van der Waals surface area contributed by atoms with Gasteiger partial charge in [-0.15, -0.1) is 0 Å². The first-order valence-electron chi connectivity index (χ1n) is 11.6. The minimum absolute atomic E-state index is 0.185. The van der Waals surface area contributed by atoms with Gasteiger partial charge in [0, 0.05) is 39.7 Å². The van der Waals surface area contributed by atoms with Crippen molar-refractivity contribution in [2.24, 2.45) is 5.92 Å². The lowest BCUT2D eigenvalue weighted by atomic mass is 9.84. The maximum atomic E-state index is 12.0. The number of rotatable bonds is 10. The second-order valence-electron chi connectivity index (χ2n) is 8.49. The Morgan fingerprint density at radius 3 is 2.06 bits per heavy atom. The van der Waals surface area contributed by atoms with Crippen molar-refractivity contribution in [3.63, 3.8) is 0 Å². The largest absolute Gasteiger partial charge is 0.463 e. The Bertz CT molecular complexity index is 912. The van der Waals surface area contributed by atoms with Crippen molar-refractivity contribution in [2.75, 3.05) is 6.61 Å². The lowest BCUT2D eigenvalue weighted by molar-refractivity contribution is -0.274. The van der Waals surface area contributed by atoms with Crippen molar-refractivity contribution in [3.05, 3.63) is 23.8 Å². The molecule has 2 rings (SSSR count). The molecule has 1 heterocycles. The van der Waals surface area contributed by atoms with Crippen LogP contribution in [0.1, 0.15) is 59.4 Å². The standard InChI is InChI=1S/C25H34O10/c1-7-8-9-21-23(32-17(5)28)22(13-30-15(3)26)35-25(24(21)33-18(6)29)34-20-11-14(2)10-19(12-20)31-16(4)27/h10-12,21-25H,7-9,13H2,1-6H3/t21-,22?,23+,24?,25+/m0/s1. The minimum atomic E-state index is -1.11. The normalized spacial score (nSPS) is 23.7. The zero-order chi connectivity index (χ0) is 26.1. The van der Waals surface area contributed by atoms with Crippen LogP contribution in [-0.2, 0) is 38.1 Å². The number of esters is 4. The van der Waals surface area contributed by atoms with E-state index in [-0.39, 0.29) is 12.4 Å². The van der Waals surface area contributed by atoms with Gasteiger partial charge < -0.3 is 28.4 Å². The summed E-state index contributed by atoms with van der Waals surface area (Å²) in [4.78, 5) is 46.8. The Balaban J connectivity index is 2.46. The van der Waals surface area contributed by atoms with Crippen molar-refractivity contribution in [2.45, 2.75) is 85.4 Å². The maximum Gasteiger partial charge on any atom is 0.308 e. The third-order valence-electron chi connectivity index (χ3n) is 5.27. The summed E-state index contributed by atoms with van der Waals surface area (Å²) >= 11 is 0. The van der Waals surface area contributed by atoms with Gasteiger partial charge in [0.15, 0.2) is 6.10 Å². The Kier molecular flexibility index (Phi) is 10.5. The van der Waals surface area contributed by atoms with Crippen molar-refractivity contribution < 1.29 is 47.6 Å². The predicted molar refractivity (Wildman–Crippen MR) is 123 cm³/mol. The van der Waals surface area contributed by atoms with Crippen molar-refractivity contribution in [1.82, 2.24) is 0 Å². The van der Waals surface area contributed by atoms with Crippen LogP contribution in [0, 0.1) is 12.8 Å². The first kappa shape index (κ1) is 28.1. The highest BCUT2D eigenvalue weighted by Gasteiger charge is 2.50. The summed E-state index contributed by atoms with van der Waals surface area (Å²) in [5, 5.41) is 0. The number of carbonyl (C=O) groups is 4. The first-order valence-corrected chi connectivity index (χ1v) is 11.6. The fourth-order valence-corrected chi connectivity index (χ4v) is 4.02. The number of aryl methyl sites for hydroxylation is 1. The van der Waals surface area contributed by atoms with Crippen LogP contribution in [0.15, 0.2) is 18.2 Å². The van der Waals surface area contributed by atoms with Crippen LogP contribution in [0.3, 0.4) is 0 Å². The van der Waals surface area contributed by atoms with Crippen molar-refractivity contribution in [3.8, 4) is 11.5 Å². The molecule has 0 aromatic heterocycles. The van der Waals surface area contributed by atoms with Crippen molar-refractivity contribution in [1.29, 1.82) is 0 Å². The summed E-state index contributed by atoms with van der Waals surface area (Å²) in [6, 6.07) is 4.90. The highest BCUT2D eigenvalue weighted by molar-refractivity contribution is 5.69. The molecule has 1 saturated heterocycles. The van der Waals surface area contributed by atoms with Crippen LogP contribution in [0.5, 0.6) is 11.5 Å². The number of hydrogen-bond donors (Lipinski definition) is 0. The quantitative estimate of drug-likeness (QED) is 0.272. The van der Waals surface area contributed by atoms with Gasteiger partial charge >= 0.3 is 23.9 Å². The smallest absolute Gasteiger partial charge is 0.308 e. The first-order chi connectivity index (χ1) is 16.5. The van der Waals surface area contributed by atoms with E-state index >= 15 is 0 Å². The van der Waals surface area contributed by atoms with Gasteiger partial charge in [-0.25, -0.2) is 0 Å². The molecule has 0 aliphatic carbocycles. The Morgan fingerprint density at radius 2 is 1.49 bits per heavy atom. The van der Waals surface area contributed by atoms with Crippen LogP contribution < -0.4 is 9.47 Å². The van der Waals surface area contributed by atoms with E-state index in [4.69, 9.17) is 28.4 Å². The lowest BCUT2D eigenvalue weighted by Crippen LogP contribution is -2.59. The molecule has 0 N–H and O–H groups in total. The third-order valence-corrected chi connectivity index (χ3v) is 5.27. The average molecular weight is 495 g/mol. The zero-order valence-electron chi connectivity index (χ0n) is 21.0. The molecule has 1 aromatic rings. The van der Waals surface area contributed by atoms with Gasteiger partial charge in [-0.2, -0.15) is 0 Å². The Hall–Kier alpha value is -3.14. The second kappa shape index (κ2) is 13.1. The highest BCUT2D eigenvalue weighted by atomic mass is 16.7. The topological polar surface area (TPSA) is 124 Å². The van der Waals surface area contributed by atoms with Crippen LogP contribution >= 0.6 is 0 Å². The molecule has 0 spiro atoms. The Morgan fingerprint density at radius 1 is 0.857 bits per heavy atom. The van der Waals surface area contributed by atoms with Crippen LogP contribution in [0.4, 0.5) is 0 Å². The fourth-order valence-electron chi connectivity index (χ4n) is 4.02. The molecule has 5 atom stereocenters. The molecule has 35 heavy (non-hydrogen) atoms. The number of unbranched alkanes of at least 4 members (excludes halogenated alkanes) is 1. The monoisotopic (exact) mass is 494 g/mol. The zero-order valence-corrected chi connectivity index (χ0v) is 21.0. The van der Waals surface area contributed by atoms with E-state index in [2.05, 4.69) is 0 Å². The molecule has 0 radical (unpaired) electrons. The van der Waals surface area contributed by atoms with E-state index in [1.54, 1.807) is 19.1 Å². The Labute approximate surface area is 205 Å². The highest BCUT2D eigenvalue weighted by Crippen LogP contribution is 2.36. The van der Waals surface area contributed by atoms with Gasteiger partial charge in [-0.1, -0.05) is 19.8 Å². The van der Waals surface area contributed by atoms with Gasteiger partial charge in [-0.3, -0.25) is 19.2 Å². The molecule has 1 fully saturated rings. The van der Waals surface area contributed by atoms with E-state index in [0.29, 0.717) is 12.2 Å². The summed E-state index contributed by atoms with van der Waals surface area (Å²) < 4.78 is 33.7. The lowest BCUT2D eigenvalue weighted by Gasteiger charge is -2.45. The molecule has 0 saturated carbocycles. The van der Waals surface area contributed by atoms with Crippen LogP contribution in [0.2, 0.25) is 0 Å². The molecular weight excluding hydrogens is 460 g/mol. The number of hydrogen-bond acceptors (Lipinski definition) is 10. The molecule has 1 aliphatic heterocycles.